The second-order valence-electron chi connectivity index (χ2n) is 6.13. The number of nitrogens with one attached hydrogen (secondary N) is 1. The van der Waals surface area contributed by atoms with Crippen molar-refractivity contribution in [3.05, 3.63) is 69.6 Å². The first-order chi connectivity index (χ1) is 14.2. The molecule has 2 aromatic rings. The first-order valence-electron chi connectivity index (χ1n) is 8.58. The zero-order chi connectivity index (χ0) is 21.8. The van der Waals surface area contributed by atoms with Crippen LogP contribution in [-0.4, -0.2) is 38.3 Å². The summed E-state index contributed by atoms with van der Waals surface area (Å²) in [7, 11) is 0. The van der Waals surface area contributed by atoms with Crippen LogP contribution in [-0.2, 0) is 9.59 Å². The van der Waals surface area contributed by atoms with Crippen LogP contribution in [0.4, 0.5) is 0 Å². The van der Waals surface area contributed by atoms with Gasteiger partial charge in [-0.3, -0.25) is 15.0 Å². The van der Waals surface area contributed by atoms with Gasteiger partial charge in [-0.1, -0.05) is 35.5 Å². The minimum absolute atomic E-state index is 0.198. The molecule has 7 nitrogen and oxygen atoms in total. The van der Waals surface area contributed by atoms with Gasteiger partial charge in [-0.15, -0.1) is 0 Å². The number of amides is 2. The van der Waals surface area contributed by atoms with E-state index in [1.165, 1.54) is 6.92 Å². The number of halogens is 1. The van der Waals surface area contributed by atoms with Crippen LogP contribution >= 0.6 is 35.6 Å². The number of aliphatic carboxylic acids is 1. The molecule has 1 unspecified atom stereocenters. The zero-order valence-corrected chi connectivity index (χ0v) is 17.9. The molecule has 0 radical (unpaired) electrons. The molecule has 1 aliphatic rings. The molecule has 0 bridgehead atoms. The maximum absolute atomic E-state index is 12.7. The lowest BCUT2D eigenvalue weighted by Crippen LogP contribution is -2.44. The summed E-state index contributed by atoms with van der Waals surface area (Å²) in [6.45, 7) is 1.43. The molecule has 10 heteroatoms. The highest BCUT2D eigenvalue weighted by molar-refractivity contribution is 8.26. The second kappa shape index (κ2) is 9.29. The van der Waals surface area contributed by atoms with Crippen molar-refractivity contribution in [1.29, 1.82) is 0 Å². The second-order valence-corrected chi connectivity index (χ2v) is 8.24. The number of benzene rings is 2. The van der Waals surface area contributed by atoms with Crippen molar-refractivity contribution in [2.24, 2.45) is 0 Å². The Labute approximate surface area is 186 Å². The number of ether oxygens (including phenoxy) is 1. The van der Waals surface area contributed by atoms with Gasteiger partial charge in [0.2, 0.25) is 0 Å². The Morgan fingerprint density at radius 3 is 2.43 bits per heavy atom. The molecule has 1 heterocycles. The summed E-state index contributed by atoms with van der Waals surface area (Å²) in [4.78, 5) is 36.2. The summed E-state index contributed by atoms with van der Waals surface area (Å²) in [5.41, 5.74) is 3.52. The molecule has 154 valence electrons. The van der Waals surface area contributed by atoms with E-state index >= 15 is 0 Å². The Balaban J connectivity index is 1.69. The molecule has 0 saturated carbocycles. The highest BCUT2D eigenvalue weighted by Crippen LogP contribution is 2.31. The van der Waals surface area contributed by atoms with Crippen molar-refractivity contribution >= 4 is 63.8 Å². The number of nitrogens with zero attached hydrogens (tertiary/aromatic N) is 1. The number of carboxylic acid groups (broad SMARTS) is 1. The molecule has 3 rings (SSSR count). The largest absolute Gasteiger partial charge is 0.479 e. The smallest absolute Gasteiger partial charge is 0.344 e. The summed E-state index contributed by atoms with van der Waals surface area (Å²) in [6, 6.07) is 12.8. The van der Waals surface area contributed by atoms with Crippen molar-refractivity contribution in [3.63, 3.8) is 0 Å². The summed E-state index contributed by atoms with van der Waals surface area (Å²) in [5, 5.41) is 10.4. The number of hydrogen-bond donors (Lipinski definition) is 2. The molecular weight excluding hydrogens is 448 g/mol. The van der Waals surface area contributed by atoms with Crippen LogP contribution < -0.4 is 10.2 Å². The van der Waals surface area contributed by atoms with E-state index < -0.39 is 23.9 Å². The fourth-order valence-electron chi connectivity index (χ4n) is 2.38. The third-order valence-corrected chi connectivity index (χ3v) is 5.51. The lowest BCUT2D eigenvalue weighted by Gasteiger charge is -2.15. The van der Waals surface area contributed by atoms with Gasteiger partial charge in [-0.05, 0) is 67.2 Å². The van der Waals surface area contributed by atoms with E-state index in [4.69, 9.17) is 33.7 Å². The highest BCUT2D eigenvalue weighted by atomic mass is 35.5. The monoisotopic (exact) mass is 462 g/mol. The SMILES string of the molecule is CC(Oc1ccc(/C=C2/SC(=S)N(NC(=O)c3ccc(Cl)cc3)C2=O)cc1)C(=O)O. The first-order valence-corrected chi connectivity index (χ1v) is 10.2. The van der Waals surface area contributed by atoms with Gasteiger partial charge in [0.25, 0.3) is 11.8 Å². The predicted molar refractivity (Wildman–Crippen MR) is 118 cm³/mol. The fraction of sp³-hybridized carbons (Fsp3) is 0.100. The Bertz CT molecular complexity index is 1040. The molecule has 2 aromatic carbocycles. The van der Waals surface area contributed by atoms with Gasteiger partial charge in [-0.2, -0.15) is 5.01 Å². The summed E-state index contributed by atoms with van der Waals surface area (Å²) >= 11 is 12.1. The number of thiocarbonyl (C=S) groups is 1. The van der Waals surface area contributed by atoms with Crippen LogP contribution in [0.3, 0.4) is 0 Å². The predicted octanol–water partition coefficient (Wildman–Crippen LogP) is 3.74. The summed E-state index contributed by atoms with van der Waals surface area (Å²) in [5.74, 6) is -1.61. The lowest BCUT2D eigenvalue weighted by atomic mass is 10.2. The third kappa shape index (κ3) is 5.18. The fourth-order valence-corrected chi connectivity index (χ4v) is 3.69. The van der Waals surface area contributed by atoms with Crippen LogP contribution in [0.5, 0.6) is 5.75 Å². The molecule has 0 aromatic heterocycles. The lowest BCUT2D eigenvalue weighted by molar-refractivity contribution is -0.144. The van der Waals surface area contributed by atoms with E-state index in [9.17, 15) is 14.4 Å². The van der Waals surface area contributed by atoms with Crippen molar-refractivity contribution in [2.45, 2.75) is 13.0 Å². The van der Waals surface area contributed by atoms with Crippen LogP contribution in [0.25, 0.3) is 6.08 Å². The zero-order valence-electron chi connectivity index (χ0n) is 15.5. The number of carbonyl (C=O) groups is 3. The van der Waals surface area contributed by atoms with Gasteiger partial charge in [0.1, 0.15) is 5.75 Å². The molecule has 1 saturated heterocycles. The summed E-state index contributed by atoms with van der Waals surface area (Å²) in [6.07, 6.45) is 0.648. The van der Waals surface area contributed by atoms with Gasteiger partial charge in [0.05, 0.1) is 4.91 Å². The van der Waals surface area contributed by atoms with E-state index in [0.29, 0.717) is 26.8 Å². The standard InChI is InChI=1S/C20H15ClN2O5S2/c1-11(19(26)27)28-15-8-2-12(3-9-15)10-16-18(25)23(20(29)30-16)22-17(24)13-4-6-14(21)7-5-13/h2-11H,1H3,(H,22,24)(H,26,27)/b16-10+. The van der Waals surface area contributed by atoms with Crippen LogP contribution in [0.15, 0.2) is 53.4 Å². The van der Waals surface area contributed by atoms with E-state index in [1.807, 2.05) is 0 Å². The average molecular weight is 463 g/mol. The highest BCUT2D eigenvalue weighted by Gasteiger charge is 2.33. The molecule has 0 aliphatic carbocycles. The first kappa shape index (κ1) is 21.8. The van der Waals surface area contributed by atoms with Gasteiger partial charge < -0.3 is 9.84 Å². The number of carboxylic acids is 1. The van der Waals surface area contributed by atoms with Crippen molar-refractivity contribution < 1.29 is 24.2 Å². The molecular formula is C20H15ClN2O5S2. The topological polar surface area (TPSA) is 95.9 Å². The number of hydrazine groups is 1. The van der Waals surface area contributed by atoms with E-state index in [0.717, 1.165) is 16.8 Å². The third-order valence-electron chi connectivity index (χ3n) is 3.95. The van der Waals surface area contributed by atoms with Gasteiger partial charge >= 0.3 is 5.97 Å². The summed E-state index contributed by atoms with van der Waals surface area (Å²) < 4.78 is 5.47. The minimum atomic E-state index is -1.07. The number of carbonyl (C=O) groups excluding carboxylic acids is 2. The molecule has 0 spiro atoms. The van der Waals surface area contributed by atoms with Gasteiger partial charge in [0.15, 0.2) is 10.4 Å². The number of thioether (sulfide) groups is 1. The van der Waals surface area contributed by atoms with Crippen molar-refractivity contribution in [1.82, 2.24) is 10.4 Å². The molecule has 30 heavy (non-hydrogen) atoms. The van der Waals surface area contributed by atoms with E-state index in [2.05, 4.69) is 5.43 Å². The van der Waals surface area contributed by atoms with Crippen LogP contribution in [0, 0.1) is 0 Å². The normalized spacial score (nSPS) is 15.9. The molecule has 1 fully saturated rings. The molecule has 1 atom stereocenters. The van der Waals surface area contributed by atoms with E-state index in [-0.39, 0.29) is 4.32 Å². The maximum Gasteiger partial charge on any atom is 0.344 e. The average Bonchev–Trinajstić information content (AvgIpc) is 2.97. The maximum atomic E-state index is 12.7. The Hall–Kier alpha value is -2.88. The Kier molecular flexibility index (Phi) is 6.76. The molecule has 2 N–H and O–H groups in total. The quantitative estimate of drug-likeness (QED) is 0.498. The minimum Gasteiger partial charge on any atom is -0.479 e. The van der Waals surface area contributed by atoms with Crippen LogP contribution in [0.2, 0.25) is 5.02 Å². The molecule has 1 aliphatic heterocycles. The van der Waals surface area contributed by atoms with E-state index in [1.54, 1.807) is 54.6 Å². The van der Waals surface area contributed by atoms with Gasteiger partial charge in [-0.25, -0.2) is 4.79 Å². The van der Waals surface area contributed by atoms with Crippen LogP contribution in [0.1, 0.15) is 22.8 Å². The van der Waals surface area contributed by atoms with Crippen molar-refractivity contribution in [2.75, 3.05) is 0 Å². The molecule has 2 amide bonds. The Morgan fingerprint density at radius 1 is 1.20 bits per heavy atom. The number of rotatable bonds is 6. The van der Waals surface area contributed by atoms with Gasteiger partial charge in [0, 0.05) is 10.6 Å². The Morgan fingerprint density at radius 2 is 1.83 bits per heavy atom. The number of hydrogen-bond acceptors (Lipinski definition) is 6. The van der Waals surface area contributed by atoms with Crippen molar-refractivity contribution in [3.8, 4) is 5.75 Å².